The molecule has 170 valence electrons. The lowest BCUT2D eigenvalue weighted by Gasteiger charge is -2.16. The Bertz CT molecular complexity index is 937. The Labute approximate surface area is 183 Å². The first kappa shape index (κ1) is 23.2. The highest BCUT2D eigenvalue weighted by atomic mass is 19.3. The van der Waals surface area contributed by atoms with Crippen molar-refractivity contribution in [1.29, 1.82) is 0 Å². The van der Waals surface area contributed by atoms with Gasteiger partial charge in [-0.05, 0) is 28.7 Å². The van der Waals surface area contributed by atoms with Crippen molar-refractivity contribution in [3.8, 4) is 11.1 Å². The quantitative estimate of drug-likeness (QED) is 0.485. The van der Waals surface area contributed by atoms with Crippen molar-refractivity contribution in [1.82, 2.24) is 10.6 Å². The molecule has 2 aromatic carbocycles. The molecular formula is C23H24F2N2O5. The maximum Gasteiger partial charge on any atom is 0.407 e. The summed E-state index contributed by atoms with van der Waals surface area (Å²) in [6.07, 6.45) is -4.41. The summed E-state index contributed by atoms with van der Waals surface area (Å²) in [4.78, 5) is 34.4. The number of hydrogen-bond acceptors (Lipinski definition) is 4. The summed E-state index contributed by atoms with van der Waals surface area (Å²) >= 11 is 0. The van der Waals surface area contributed by atoms with Crippen LogP contribution in [0, 0.1) is 0 Å². The zero-order chi connectivity index (χ0) is 23.1. The van der Waals surface area contributed by atoms with E-state index in [1.807, 2.05) is 53.8 Å². The van der Waals surface area contributed by atoms with Gasteiger partial charge in [-0.3, -0.25) is 9.59 Å². The zero-order valence-corrected chi connectivity index (χ0v) is 17.2. The summed E-state index contributed by atoms with van der Waals surface area (Å²) in [5, 5.41) is 13.2. The van der Waals surface area contributed by atoms with Crippen molar-refractivity contribution in [2.45, 2.75) is 37.6 Å². The fraction of sp³-hybridized carbons (Fsp3) is 0.348. The fourth-order valence-corrected chi connectivity index (χ4v) is 3.76. The van der Waals surface area contributed by atoms with E-state index in [0.717, 1.165) is 22.3 Å². The third-order valence-corrected chi connectivity index (χ3v) is 5.24. The van der Waals surface area contributed by atoms with E-state index < -0.39 is 36.9 Å². The van der Waals surface area contributed by atoms with Gasteiger partial charge in [0, 0.05) is 18.9 Å². The number of benzene rings is 2. The number of amides is 2. The standard InChI is InChI=1S/C23H24F2N2O5/c24-22(25)19(12-21(29)30)27-20(28)10-5-11-26-23(31)32-13-18-16-8-3-1-6-14(16)15-7-2-4-9-17(15)18/h1-4,6-9,18-19,22H,5,10-13H2,(H,26,31)(H,27,28)(H,29,30). The van der Waals surface area contributed by atoms with Crippen LogP contribution in [-0.4, -0.2) is 48.7 Å². The van der Waals surface area contributed by atoms with Crippen molar-refractivity contribution in [3.63, 3.8) is 0 Å². The van der Waals surface area contributed by atoms with E-state index in [2.05, 4.69) is 5.32 Å². The van der Waals surface area contributed by atoms with Crippen molar-refractivity contribution < 1.29 is 33.0 Å². The Balaban J connectivity index is 1.42. The van der Waals surface area contributed by atoms with Crippen LogP contribution in [0.4, 0.5) is 13.6 Å². The molecular weight excluding hydrogens is 422 g/mol. The number of fused-ring (bicyclic) bond motifs is 3. The van der Waals surface area contributed by atoms with Crippen molar-refractivity contribution in [2.24, 2.45) is 0 Å². The molecule has 7 nitrogen and oxygen atoms in total. The highest BCUT2D eigenvalue weighted by Gasteiger charge is 2.29. The first-order valence-corrected chi connectivity index (χ1v) is 10.2. The van der Waals surface area contributed by atoms with E-state index >= 15 is 0 Å². The van der Waals surface area contributed by atoms with Gasteiger partial charge in [0.25, 0.3) is 6.43 Å². The van der Waals surface area contributed by atoms with Gasteiger partial charge in [-0.15, -0.1) is 0 Å². The van der Waals surface area contributed by atoms with E-state index in [1.54, 1.807) is 0 Å². The number of alkyl carbamates (subject to hydrolysis) is 1. The minimum atomic E-state index is -2.98. The molecule has 0 saturated carbocycles. The van der Waals surface area contributed by atoms with Gasteiger partial charge < -0.3 is 20.5 Å². The Kier molecular flexibility index (Phi) is 7.75. The number of hydrogen-bond donors (Lipinski definition) is 3. The molecule has 1 unspecified atom stereocenters. The number of carbonyl (C=O) groups is 3. The van der Waals surface area contributed by atoms with Gasteiger partial charge in [0.05, 0.1) is 6.42 Å². The molecule has 0 aromatic heterocycles. The number of ether oxygens (including phenoxy) is 1. The smallest absolute Gasteiger partial charge is 0.407 e. The summed E-state index contributed by atoms with van der Waals surface area (Å²) in [7, 11) is 0. The Morgan fingerprint density at radius 2 is 1.59 bits per heavy atom. The molecule has 0 saturated heterocycles. The minimum Gasteiger partial charge on any atom is -0.481 e. The number of nitrogens with one attached hydrogen (secondary N) is 2. The van der Waals surface area contributed by atoms with E-state index in [0.29, 0.717) is 0 Å². The minimum absolute atomic E-state index is 0.0700. The number of carboxylic acid groups (broad SMARTS) is 1. The summed E-state index contributed by atoms with van der Waals surface area (Å²) in [6.45, 7) is 0.272. The van der Waals surface area contributed by atoms with Gasteiger partial charge in [0.1, 0.15) is 12.6 Å². The van der Waals surface area contributed by atoms with Gasteiger partial charge in [-0.25, -0.2) is 13.6 Å². The lowest BCUT2D eigenvalue weighted by Crippen LogP contribution is -2.41. The molecule has 2 aromatic rings. The molecule has 0 spiro atoms. The largest absolute Gasteiger partial charge is 0.481 e. The van der Waals surface area contributed by atoms with E-state index in [-0.39, 0.29) is 31.9 Å². The topological polar surface area (TPSA) is 105 Å². The third kappa shape index (κ3) is 5.81. The highest BCUT2D eigenvalue weighted by Crippen LogP contribution is 2.44. The van der Waals surface area contributed by atoms with E-state index in [9.17, 15) is 23.2 Å². The predicted molar refractivity (Wildman–Crippen MR) is 112 cm³/mol. The lowest BCUT2D eigenvalue weighted by atomic mass is 9.98. The number of carbonyl (C=O) groups excluding carboxylic acids is 2. The van der Waals surface area contributed by atoms with Crippen molar-refractivity contribution in [3.05, 3.63) is 59.7 Å². The number of aliphatic carboxylic acids is 1. The molecule has 1 aliphatic rings. The van der Waals surface area contributed by atoms with Gasteiger partial charge in [0.15, 0.2) is 0 Å². The molecule has 1 atom stereocenters. The van der Waals surface area contributed by atoms with Crippen LogP contribution >= 0.6 is 0 Å². The summed E-state index contributed by atoms with van der Waals surface area (Å²) in [5.74, 6) is -2.20. The molecule has 3 rings (SSSR count). The van der Waals surface area contributed by atoms with Gasteiger partial charge >= 0.3 is 12.1 Å². The lowest BCUT2D eigenvalue weighted by molar-refractivity contribution is -0.139. The summed E-state index contributed by atoms with van der Waals surface area (Å²) < 4.78 is 30.9. The summed E-state index contributed by atoms with van der Waals surface area (Å²) in [5.41, 5.74) is 4.42. The number of carboxylic acids is 1. The number of alkyl halides is 2. The molecule has 0 aliphatic heterocycles. The van der Waals surface area contributed by atoms with Crippen LogP contribution in [0.25, 0.3) is 11.1 Å². The maximum absolute atomic E-state index is 12.8. The van der Waals surface area contributed by atoms with Crippen molar-refractivity contribution in [2.75, 3.05) is 13.2 Å². The summed E-state index contributed by atoms with van der Waals surface area (Å²) in [6, 6.07) is 14.2. The molecule has 9 heteroatoms. The van der Waals surface area contributed by atoms with Crippen LogP contribution < -0.4 is 10.6 Å². The van der Waals surface area contributed by atoms with Crippen molar-refractivity contribution >= 4 is 18.0 Å². The monoisotopic (exact) mass is 446 g/mol. The van der Waals surface area contributed by atoms with Crippen LogP contribution in [0.3, 0.4) is 0 Å². The van der Waals surface area contributed by atoms with E-state index in [1.165, 1.54) is 0 Å². The first-order valence-electron chi connectivity index (χ1n) is 10.2. The van der Waals surface area contributed by atoms with Gasteiger partial charge in [0.2, 0.25) is 5.91 Å². The third-order valence-electron chi connectivity index (χ3n) is 5.24. The average Bonchev–Trinajstić information content (AvgIpc) is 3.08. The van der Waals surface area contributed by atoms with Crippen LogP contribution in [0.1, 0.15) is 36.3 Å². The fourth-order valence-electron chi connectivity index (χ4n) is 3.76. The van der Waals surface area contributed by atoms with E-state index in [4.69, 9.17) is 9.84 Å². The molecule has 0 radical (unpaired) electrons. The second kappa shape index (κ2) is 10.7. The molecule has 2 amide bonds. The highest BCUT2D eigenvalue weighted by molar-refractivity contribution is 5.79. The normalized spacial score (nSPS) is 13.2. The van der Waals surface area contributed by atoms with Gasteiger partial charge in [-0.1, -0.05) is 48.5 Å². The number of halogens is 2. The van der Waals surface area contributed by atoms with Crippen LogP contribution in [0.2, 0.25) is 0 Å². The van der Waals surface area contributed by atoms with Gasteiger partial charge in [-0.2, -0.15) is 0 Å². The predicted octanol–water partition coefficient (Wildman–Crippen LogP) is 3.53. The average molecular weight is 446 g/mol. The molecule has 0 bridgehead atoms. The molecule has 3 N–H and O–H groups in total. The Hall–Kier alpha value is -3.49. The molecule has 1 aliphatic carbocycles. The first-order chi connectivity index (χ1) is 15.4. The zero-order valence-electron chi connectivity index (χ0n) is 17.2. The SMILES string of the molecule is O=C(O)CC(NC(=O)CCCNC(=O)OCC1c2ccccc2-c2ccccc21)C(F)F. The van der Waals surface area contributed by atoms with Crippen LogP contribution in [0.15, 0.2) is 48.5 Å². The second-order valence-electron chi connectivity index (χ2n) is 7.46. The van der Waals surface area contributed by atoms with Crippen LogP contribution in [0.5, 0.6) is 0 Å². The molecule has 0 fully saturated rings. The maximum atomic E-state index is 12.8. The molecule has 0 heterocycles. The number of rotatable bonds is 10. The Morgan fingerprint density at radius 3 is 2.16 bits per heavy atom. The second-order valence-corrected chi connectivity index (χ2v) is 7.46. The molecule has 32 heavy (non-hydrogen) atoms. The Morgan fingerprint density at radius 1 is 1.00 bits per heavy atom. The van der Waals surface area contributed by atoms with Crippen LogP contribution in [-0.2, 0) is 14.3 Å².